The van der Waals surface area contributed by atoms with Gasteiger partial charge in [0, 0.05) is 17.0 Å². The van der Waals surface area contributed by atoms with Gasteiger partial charge in [0.15, 0.2) is 0 Å². The Morgan fingerprint density at radius 2 is 1.93 bits per heavy atom. The largest absolute Gasteiger partial charge is 0.465 e. The molecule has 0 aliphatic carbocycles. The van der Waals surface area contributed by atoms with Crippen molar-refractivity contribution in [3.05, 3.63) is 67.8 Å². The van der Waals surface area contributed by atoms with Crippen LogP contribution in [0.4, 0.5) is 5.69 Å². The number of hydrogen-bond donors (Lipinski definition) is 1. The molecule has 2 aromatic carbocycles. The van der Waals surface area contributed by atoms with Gasteiger partial charge in [0.25, 0.3) is 5.91 Å². The summed E-state index contributed by atoms with van der Waals surface area (Å²) in [6.45, 7) is 11.9. The van der Waals surface area contributed by atoms with Crippen molar-refractivity contribution in [2.24, 2.45) is 11.8 Å². The number of rotatable bonds is 13. The van der Waals surface area contributed by atoms with Crippen LogP contribution in [0.2, 0.25) is 0 Å². The SMILES string of the molecule is C=CCCCCOC(=O)[C@H]1[C@H]2C(=O)N([C@@H](CC)CO)C(C(=O)N(CC=C)c3ccc4ccccc4c3)C23CC[C@]1(C)S3. The van der Waals surface area contributed by atoms with E-state index in [1.54, 1.807) is 27.6 Å². The highest BCUT2D eigenvalue weighted by Crippen LogP contribution is 2.72. The Morgan fingerprint density at radius 1 is 1.17 bits per heavy atom. The molecule has 42 heavy (non-hydrogen) atoms. The fourth-order valence-electron chi connectivity index (χ4n) is 7.40. The van der Waals surface area contributed by atoms with Crippen LogP contribution in [0.5, 0.6) is 0 Å². The topological polar surface area (TPSA) is 87.1 Å². The number of unbranched alkanes of at least 4 members (excludes halogenated alkanes) is 2. The van der Waals surface area contributed by atoms with Crippen molar-refractivity contribution in [1.82, 2.24) is 4.90 Å². The molecule has 3 saturated heterocycles. The number of carbonyl (C=O) groups excluding carboxylic acids is 3. The van der Waals surface area contributed by atoms with E-state index in [-0.39, 0.29) is 30.9 Å². The van der Waals surface area contributed by atoms with Crippen LogP contribution in [0.1, 0.15) is 52.4 Å². The zero-order valence-corrected chi connectivity index (χ0v) is 25.5. The van der Waals surface area contributed by atoms with Crippen molar-refractivity contribution in [3.63, 3.8) is 0 Å². The van der Waals surface area contributed by atoms with Gasteiger partial charge in [-0.05, 0) is 68.4 Å². The number of allylic oxidation sites excluding steroid dienone is 1. The predicted molar refractivity (Wildman–Crippen MR) is 168 cm³/mol. The molecule has 0 radical (unpaired) electrons. The summed E-state index contributed by atoms with van der Waals surface area (Å²) in [5.41, 5.74) is 0.724. The minimum absolute atomic E-state index is 0.205. The molecule has 3 aliphatic rings. The molecule has 0 aromatic heterocycles. The molecule has 1 N–H and O–H groups in total. The van der Waals surface area contributed by atoms with E-state index < -0.39 is 33.4 Å². The molecule has 2 aromatic rings. The minimum atomic E-state index is -0.823. The number of ether oxygens (including phenoxy) is 1. The first-order valence-electron chi connectivity index (χ1n) is 15.1. The average Bonchev–Trinajstić information content (AvgIpc) is 3.56. The maximum Gasteiger partial charge on any atom is 0.311 e. The predicted octanol–water partition coefficient (Wildman–Crippen LogP) is 5.51. The van der Waals surface area contributed by atoms with Gasteiger partial charge in [0.05, 0.1) is 35.8 Å². The van der Waals surface area contributed by atoms with Crippen LogP contribution < -0.4 is 4.90 Å². The Balaban J connectivity index is 1.53. The van der Waals surface area contributed by atoms with E-state index in [0.717, 1.165) is 35.7 Å². The number of esters is 1. The molecule has 224 valence electrons. The summed E-state index contributed by atoms with van der Waals surface area (Å²) in [7, 11) is 0. The second-order valence-corrected chi connectivity index (χ2v) is 13.8. The van der Waals surface area contributed by atoms with Crippen LogP contribution in [0.15, 0.2) is 67.8 Å². The number of nitrogens with zero attached hydrogens (tertiary/aromatic N) is 2. The molecule has 7 nitrogen and oxygen atoms in total. The maximum atomic E-state index is 14.8. The lowest BCUT2D eigenvalue weighted by Gasteiger charge is -2.39. The van der Waals surface area contributed by atoms with E-state index in [4.69, 9.17) is 4.74 Å². The van der Waals surface area contributed by atoms with Crippen LogP contribution in [0.25, 0.3) is 10.8 Å². The van der Waals surface area contributed by atoms with E-state index >= 15 is 0 Å². The summed E-state index contributed by atoms with van der Waals surface area (Å²) in [4.78, 5) is 46.2. The molecule has 5 rings (SSSR count). The minimum Gasteiger partial charge on any atom is -0.465 e. The number of benzene rings is 2. The number of carbonyl (C=O) groups is 3. The zero-order chi connectivity index (χ0) is 30.1. The molecule has 8 heteroatoms. The normalized spacial score (nSPS) is 28.5. The Kier molecular flexibility index (Phi) is 8.86. The van der Waals surface area contributed by atoms with Crippen LogP contribution >= 0.6 is 11.8 Å². The molecule has 3 fully saturated rings. The lowest BCUT2D eigenvalue weighted by atomic mass is 9.66. The van der Waals surface area contributed by atoms with Gasteiger partial charge in [-0.3, -0.25) is 14.4 Å². The number of hydrogen-bond acceptors (Lipinski definition) is 6. The second kappa shape index (κ2) is 12.3. The summed E-state index contributed by atoms with van der Waals surface area (Å²) in [5.74, 6) is -2.11. The van der Waals surface area contributed by atoms with E-state index in [0.29, 0.717) is 25.9 Å². The smallest absolute Gasteiger partial charge is 0.311 e. The van der Waals surface area contributed by atoms with Crippen molar-refractivity contribution in [1.29, 1.82) is 0 Å². The number of thioether (sulfide) groups is 1. The number of amides is 2. The highest BCUT2D eigenvalue weighted by Gasteiger charge is 2.78. The number of anilines is 1. The summed E-state index contributed by atoms with van der Waals surface area (Å²) >= 11 is 1.62. The average molecular weight is 591 g/mol. The van der Waals surface area contributed by atoms with Crippen molar-refractivity contribution in [2.45, 2.75) is 74.0 Å². The number of aliphatic hydroxyl groups is 1. The van der Waals surface area contributed by atoms with E-state index in [1.165, 1.54) is 0 Å². The quantitative estimate of drug-likeness (QED) is 0.188. The molecule has 3 heterocycles. The number of likely N-dealkylation sites (tertiary alicyclic amines) is 1. The Morgan fingerprint density at radius 3 is 2.62 bits per heavy atom. The number of fused-ring (bicyclic) bond motifs is 2. The van der Waals surface area contributed by atoms with Crippen molar-refractivity contribution in [2.75, 3.05) is 24.7 Å². The van der Waals surface area contributed by atoms with Gasteiger partial charge < -0.3 is 19.6 Å². The molecule has 2 bridgehead atoms. The maximum absolute atomic E-state index is 14.8. The Hall–Kier alpha value is -3.10. The first-order chi connectivity index (χ1) is 20.3. The summed E-state index contributed by atoms with van der Waals surface area (Å²) < 4.78 is 4.48. The molecule has 1 spiro atoms. The van der Waals surface area contributed by atoms with Crippen LogP contribution in [-0.2, 0) is 19.1 Å². The van der Waals surface area contributed by atoms with E-state index in [2.05, 4.69) is 13.2 Å². The fraction of sp³-hybridized carbons (Fsp3) is 0.500. The lowest BCUT2D eigenvalue weighted by Crippen LogP contribution is -2.57. The Bertz CT molecular complexity index is 1370. The molecular formula is C34H42N2O5S. The van der Waals surface area contributed by atoms with Crippen molar-refractivity contribution < 1.29 is 24.2 Å². The molecule has 2 amide bonds. The van der Waals surface area contributed by atoms with Gasteiger partial charge in [0.2, 0.25) is 5.91 Å². The fourth-order valence-corrected chi connectivity index (χ4v) is 9.73. The molecule has 3 aliphatic heterocycles. The van der Waals surface area contributed by atoms with Crippen molar-refractivity contribution in [3.8, 4) is 0 Å². The molecule has 2 unspecified atom stereocenters. The second-order valence-electron chi connectivity index (χ2n) is 11.9. The highest BCUT2D eigenvalue weighted by atomic mass is 32.2. The van der Waals surface area contributed by atoms with Gasteiger partial charge in [0.1, 0.15) is 6.04 Å². The summed E-state index contributed by atoms with van der Waals surface area (Å²) in [6.07, 6.45) is 7.86. The molecule has 6 atom stereocenters. The monoisotopic (exact) mass is 590 g/mol. The zero-order valence-electron chi connectivity index (χ0n) is 24.7. The third-order valence-electron chi connectivity index (χ3n) is 9.45. The summed E-state index contributed by atoms with van der Waals surface area (Å²) in [5, 5.41) is 12.5. The molecule has 0 saturated carbocycles. The first kappa shape index (κ1) is 30.4. The van der Waals surface area contributed by atoms with Crippen molar-refractivity contribution >= 4 is 46.0 Å². The van der Waals surface area contributed by atoms with E-state index in [9.17, 15) is 19.5 Å². The first-order valence-corrected chi connectivity index (χ1v) is 15.9. The van der Waals surface area contributed by atoms with Gasteiger partial charge in [-0.15, -0.1) is 24.9 Å². The third-order valence-corrected chi connectivity index (χ3v) is 11.4. The lowest BCUT2D eigenvalue weighted by molar-refractivity contribution is -0.156. The van der Waals surface area contributed by atoms with Gasteiger partial charge in [-0.25, -0.2) is 0 Å². The third kappa shape index (κ3) is 4.96. The Labute approximate surface area is 253 Å². The highest BCUT2D eigenvalue weighted by molar-refractivity contribution is 8.02. The van der Waals surface area contributed by atoms with Gasteiger partial charge >= 0.3 is 5.97 Å². The number of aliphatic hydroxyl groups excluding tert-OH is 1. The van der Waals surface area contributed by atoms with Gasteiger partial charge in [-0.2, -0.15) is 0 Å². The molecular weight excluding hydrogens is 548 g/mol. The van der Waals surface area contributed by atoms with E-state index in [1.807, 2.05) is 62.4 Å². The van der Waals surface area contributed by atoms with Crippen LogP contribution in [0.3, 0.4) is 0 Å². The standard InChI is InChI=1S/C34H42N2O5S/c1-5-8-9-12-20-41-32(40)28-27-30(38)36(25(7-3)22-37)29(34(27)18-17-33(28,4)42-34)31(39)35(19-6-2)26-16-15-23-13-10-11-14-24(23)21-26/h5-6,10-11,13-16,21,25,27-29,37H,1-2,7-9,12,17-20,22H2,3-4H3/t25-,27-,28+,29?,33-,34?/m0/s1. The van der Waals surface area contributed by atoms with Crippen LogP contribution in [0, 0.1) is 11.8 Å². The summed E-state index contributed by atoms with van der Waals surface area (Å²) in [6, 6.07) is 12.5. The van der Waals surface area contributed by atoms with Gasteiger partial charge in [-0.1, -0.05) is 49.4 Å². The van der Waals surface area contributed by atoms with Crippen LogP contribution in [-0.4, -0.2) is 69.1 Å².